The third-order valence-corrected chi connectivity index (χ3v) is 9.05. The molecule has 2 bridgehead atoms. The highest BCUT2D eigenvalue weighted by Gasteiger charge is 2.58. The Labute approximate surface area is 187 Å². The van der Waals surface area contributed by atoms with Gasteiger partial charge >= 0.3 is 0 Å². The van der Waals surface area contributed by atoms with E-state index in [2.05, 4.69) is 59.7 Å². The summed E-state index contributed by atoms with van der Waals surface area (Å²) in [5.41, 5.74) is 7.08. The average molecular weight is 419 g/mol. The zero-order valence-corrected chi connectivity index (χ0v) is 20.0. The quantitative estimate of drug-likeness (QED) is 0.539. The molecule has 6 unspecified atom stereocenters. The third-order valence-electron chi connectivity index (χ3n) is 9.05. The number of hydrogen-bond donors (Lipinski definition) is 2. The first kappa shape index (κ1) is 20.9. The molecule has 2 aromatic rings. The molecule has 3 saturated carbocycles. The molecule has 3 aliphatic carbocycles. The average Bonchev–Trinajstić information content (AvgIpc) is 3.37. The van der Waals surface area contributed by atoms with Crippen molar-refractivity contribution in [2.24, 2.45) is 23.7 Å². The maximum Gasteiger partial charge on any atom is 0.122 e. The lowest BCUT2D eigenvalue weighted by molar-refractivity contribution is 0.213. The van der Waals surface area contributed by atoms with E-state index in [1.165, 1.54) is 53.5 Å². The van der Waals surface area contributed by atoms with Gasteiger partial charge in [-0.2, -0.15) is 0 Å². The van der Waals surface area contributed by atoms with Crippen LogP contribution in [-0.4, -0.2) is 10.2 Å². The summed E-state index contributed by atoms with van der Waals surface area (Å²) in [4.78, 5) is 0. The molecule has 31 heavy (non-hydrogen) atoms. The summed E-state index contributed by atoms with van der Waals surface area (Å²) in [6.45, 7) is 13.0. The van der Waals surface area contributed by atoms with Gasteiger partial charge in [0.1, 0.15) is 11.5 Å². The zero-order chi connectivity index (χ0) is 22.2. The Morgan fingerprint density at radius 1 is 0.774 bits per heavy atom. The van der Waals surface area contributed by atoms with Gasteiger partial charge in [0.25, 0.3) is 0 Å². The molecular weight excluding hydrogens is 380 g/mol. The van der Waals surface area contributed by atoms with Gasteiger partial charge in [-0.25, -0.2) is 0 Å². The van der Waals surface area contributed by atoms with E-state index in [4.69, 9.17) is 0 Å². The predicted octanol–water partition coefficient (Wildman–Crippen LogP) is 7.25. The molecular formula is C29H38O2. The largest absolute Gasteiger partial charge is 0.508 e. The number of benzene rings is 2. The maximum absolute atomic E-state index is 11.3. The van der Waals surface area contributed by atoms with Crippen molar-refractivity contribution in [2.45, 2.75) is 84.5 Å². The minimum Gasteiger partial charge on any atom is -0.508 e. The Morgan fingerprint density at radius 3 is 2.19 bits per heavy atom. The second-order valence-corrected chi connectivity index (χ2v) is 11.9. The number of phenols is 2. The lowest BCUT2D eigenvalue weighted by atomic mass is 9.68. The second-order valence-electron chi connectivity index (χ2n) is 11.9. The van der Waals surface area contributed by atoms with E-state index in [-0.39, 0.29) is 5.41 Å². The molecule has 3 fully saturated rings. The number of fused-ring (bicyclic) bond motifs is 5. The fourth-order valence-electron chi connectivity index (χ4n) is 7.61. The fraction of sp³-hybridized carbons (Fsp3) is 0.586. The Kier molecular flexibility index (Phi) is 4.74. The summed E-state index contributed by atoms with van der Waals surface area (Å²) < 4.78 is 0. The van der Waals surface area contributed by atoms with Crippen LogP contribution in [0.2, 0.25) is 0 Å². The molecule has 0 spiro atoms. The number of aromatic hydroxyl groups is 2. The van der Waals surface area contributed by atoms with Crippen molar-refractivity contribution < 1.29 is 10.2 Å². The van der Waals surface area contributed by atoms with E-state index in [1.807, 2.05) is 6.07 Å². The van der Waals surface area contributed by atoms with Gasteiger partial charge in [-0.15, -0.1) is 0 Å². The molecule has 3 aliphatic rings. The Morgan fingerprint density at radius 2 is 1.48 bits per heavy atom. The van der Waals surface area contributed by atoms with Crippen molar-refractivity contribution in [1.29, 1.82) is 0 Å². The molecule has 0 heterocycles. The van der Waals surface area contributed by atoms with Gasteiger partial charge in [0.2, 0.25) is 0 Å². The highest BCUT2D eigenvalue weighted by molar-refractivity contribution is 5.50. The van der Waals surface area contributed by atoms with Crippen LogP contribution < -0.4 is 0 Å². The Balaban J connectivity index is 1.53. The van der Waals surface area contributed by atoms with Crippen LogP contribution in [0.4, 0.5) is 0 Å². The van der Waals surface area contributed by atoms with Crippen LogP contribution in [0.25, 0.3) is 0 Å². The van der Waals surface area contributed by atoms with Crippen LogP contribution in [0.15, 0.2) is 24.3 Å². The molecule has 2 heteroatoms. The van der Waals surface area contributed by atoms with E-state index in [0.717, 1.165) is 17.4 Å². The molecule has 2 aromatic carbocycles. The normalized spacial score (nSPS) is 31.9. The van der Waals surface area contributed by atoms with Crippen LogP contribution in [-0.2, 0) is 5.41 Å². The lowest BCUT2D eigenvalue weighted by Crippen LogP contribution is -2.27. The van der Waals surface area contributed by atoms with Crippen molar-refractivity contribution in [2.75, 3.05) is 0 Å². The van der Waals surface area contributed by atoms with Gasteiger partial charge in [0.05, 0.1) is 0 Å². The summed E-state index contributed by atoms with van der Waals surface area (Å²) in [6, 6.07) is 8.63. The molecule has 5 rings (SSSR count). The summed E-state index contributed by atoms with van der Waals surface area (Å²) in [6.07, 6.45) is 5.00. The van der Waals surface area contributed by atoms with E-state index in [9.17, 15) is 10.2 Å². The maximum atomic E-state index is 11.3. The monoisotopic (exact) mass is 418 g/mol. The van der Waals surface area contributed by atoms with Crippen LogP contribution in [0.1, 0.15) is 91.7 Å². The lowest BCUT2D eigenvalue weighted by Gasteiger charge is -2.36. The van der Waals surface area contributed by atoms with Crippen molar-refractivity contribution in [3.05, 3.63) is 57.6 Å². The Hall–Kier alpha value is -1.96. The standard InChI is InChI=1S/C29H38O2/c1-15-9-24(28(31)25(10-15)29(4,5)6)21-13-18-14-23(21)27-19(18)7-8-20(27)22-11-16(2)17(3)12-26(22)30/h9-12,18-21,23,27,30-31H,7-8,13-14H2,1-6H3. The van der Waals surface area contributed by atoms with E-state index in [1.54, 1.807) is 0 Å². The molecule has 2 nitrogen and oxygen atoms in total. The SMILES string of the molecule is Cc1cc(C2CC3CC2C2C(c4cc(C)c(C)cc4O)CCC32)c(O)c(C(C)(C)C)c1. The van der Waals surface area contributed by atoms with Crippen LogP contribution in [0.5, 0.6) is 11.5 Å². The summed E-state index contributed by atoms with van der Waals surface area (Å²) in [5.74, 6) is 4.74. The first-order valence-corrected chi connectivity index (χ1v) is 12.2. The van der Waals surface area contributed by atoms with E-state index in [0.29, 0.717) is 35.2 Å². The van der Waals surface area contributed by atoms with Gasteiger partial charge in [-0.1, -0.05) is 44.5 Å². The van der Waals surface area contributed by atoms with Gasteiger partial charge in [-0.3, -0.25) is 0 Å². The molecule has 0 aromatic heterocycles. The number of aryl methyl sites for hydroxylation is 3. The van der Waals surface area contributed by atoms with Crippen LogP contribution >= 0.6 is 0 Å². The van der Waals surface area contributed by atoms with Crippen LogP contribution in [0, 0.1) is 44.4 Å². The highest BCUT2D eigenvalue weighted by Crippen LogP contribution is 2.68. The topological polar surface area (TPSA) is 40.5 Å². The molecule has 0 saturated heterocycles. The van der Waals surface area contributed by atoms with Gasteiger partial charge in [-0.05, 0) is 121 Å². The molecule has 6 atom stereocenters. The number of hydrogen-bond acceptors (Lipinski definition) is 2. The second kappa shape index (κ2) is 7.02. The van der Waals surface area contributed by atoms with E-state index >= 15 is 0 Å². The number of rotatable bonds is 2. The summed E-state index contributed by atoms with van der Waals surface area (Å²) in [5, 5.41) is 22.1. The summed E-state index contributed by atoms with van der Waals surface area (Å²) >= 11 is 0. The molecule has 166 valence electrons. The third kappa shape index (κ3) is 3.20. The van der Waals surface area contributed by atoms with Crippen molar-refractivity contribution in [1.82, 2.24) is 0 Å². The molecule has 0 amide bonds. The Bertz CT molecular complexity index is 1030. The highest BCUT2D eigenvalue weighted by atomic mass is 16.3. The fourth-order valence-corrected chi connectivity index (χ4v) is 7.61. The number of phenolic OH excluding ortho intramolecular Hbond substituents is 2. The van der Waals surface area contributed by atoms with E-state index < -0.39 is 0 Å². The first-order chi connectivity index (χ1) is 14.6. The smallest absolute Gasteiger partial charge is 0.122 e. The van der Waals surface area contributed by atoms with Gasteiger partial charge in [0, 0.05) is 0 Å². The van der Waals surface area contributed by atoms with Gasteiger partial charge < -0.3 is 10.2 Å². The minimum atomic E-state index is -0.0634. The van der Waals surface area contributed by atoms with Crippen molar-refractivity contribution >= 4 is 0 Å². The molecule has 0 aliphatic heterocycles. The first-order valence-electron chi connectivity index (χ1n) is 12.2. The predicted molar refractivity (Wildman–Crippen MR) is 127 cm³/mol. The van der Waals surface area contributed by atoms with Crippen molar-refractivity contribution in [3.8, 4) is 11.5 Å². The van der Waals surface area contributed by atoms with Gasteiger partial charge in [0.15, 0.2) is 0 Å². The summed E-state index contributed by atoms with van der Waals surface area (Å²) in [7, 11) is 0. The molecule has 2 N–H and O–H groups in total. The minimum absolute atomic E-state index is 0.0634. The van der Waals surface area contributed by atoms with Crippen molar-refractivity contribution in [3.63, 3.8) is 0 Å². The van der Waals surface area contributed by atoms with Crippen LogP contribution in [0.3, 0.4) is 0 Å². The zero-order valence-electron chi connectivity index (χ0n) is 20.0. The molecule has 0 radical (unpaired) electrons.